The Labute approximate surface area is 402 Å². The number of hydrogen-bond acceptors (Lipinski definition) is 15. The van der Waals surface area contributed by atoms with Gasteiger partial charge in [-0.15, -0.1) is 6.58 Å². The smallest absolute Gasteiger partial charge is 0.309 e. The predicted octanol–water partition coefficient (Wildman–Crippen LogP) is 8.50. The molecule has 3 heterocycles. The van der Waals surface area contributed by atoms with E-state index >= 15 is 0 Å². The number of rotatable bonds is 16. The molecule has 0 amide bonds. The molecular formula is C51H100N2O13. The van der Waals surface area contributed by atoms with Crippen molar-refractivity contribution in [1.29, 1.82) is 0 Å². The predicted molar refractivity (Wildman–Crippen MR) is 264 cm³/mol. The van der Waals surface area contributed by atoms with Gasteiger partial charge in [-0.25, -0.2) is 0 Å². The van der Waals surface area contributed by atoms with Gasteiger partial charge in [-0.2, -0.15) is 0 Å². The van der Waals surface area contributed by atoms with Crippen LogP contribution in [0.25, 0.3) is 0 Å². The third-order valence-corrected chi connectivity index (χ3v) is 9.01. The number of esters is 4. The average molecular weight is 949 g/mol. The lowest BCUT2D eigenvalue weighted by Crippen LogP contribution is -2.41. The van der Waals surface area contributed by atoms with E-state index in [1.54, 1.807) is 19.9 Å². The van der Waals surface area contributed by atoms with Crippen molar-refractivity contribution in [1.82, 2.24) is 9.80 Å². The number of epoxide rings is 1. The monoisotopic (exact) mass is 949 g/mol. The third kappa shape index (κ3) is 39.1. The summed E-state index contributed by atoms with van der Waals surface area (Å²) >= 11 is 0. The molecule has 3 aliphatic heterocycles. The molecular weight excluding hydrogens is 849 g/mol. The first kappa shape index (κ1) is 69.6. The van der Waals surface area contributed by atoms with E-state index in [-0.39, 0.29) is 93.2 Å². The number of ether oxygens (including phenoxy) is 7. The van der Waals surface area contributed by atoms with E-state index < -0.39 is 17.3 Å². The maximum atomic E-state index is 11.9. The highest BCUT2D eigenvalue weighted by Crippen LogP contribution is 2.22. The molecule has 15 heteroatoms. The minimum absolute atomic E-state index is 0. The summed E-state index contributed by atoms with van der Waals surface area (Å²) < 4.78 is 36.5. The minimum atomic E-state index is -0.501. The van der Waals surface area contributed by atoms with Crippen molar-refractivity contribution in [2.75, 3.05) is 72.3 Å². The lowest BCUT2D eigenvalue weighted by molar-refractivity contribution is -0.161. The van der Waals surface area contributed by atoms with Crippen LogP contribution in [0.1, 0.15) is 159 Å². The first-order valence-corrected chi connectivity index (χ1v) is 22.7. The number of allylic oxidation sites excluding steroid dienone is 1. The van der Waals surface area contributed by atoms with Gasteiger partial charge in [0.2, 0.25) is 0 Å². The molecule has 0 aromatic rings. The van der Waals surface area contributed by atoms with Gasteiger partial charge in [0.25, 0.3) is 0 Å². The molecule has 6 unspecified atom stereocenters. The number of morpholine rings is 2. The molecule has 0 radical (unpaired) electrons. The van der Waals surface area contributed by atoms with E-state index in [9.17, 15) is 29.1 Å². The zero-order valence-electron chi connectivity index (χ0n) is 42.1. The maximum Gasteiger partial charge on any atom is 0.309 e. The van der Waals surface area contributed by atoms with Crippen LogP contribution in [0.4, 0.5) is 0 Å². The number of carbonyl (C=O) groups is 5. The van der Waals surface area contributed by atoms with Crippen molar-refractivity contribution in [2.24, 2.45) is 23.7 Å². The summed E-state index contributed by atoms with van der Waals surface area (Å²) in [6.07, 6.45) is 3.67. The second kappa shape index (κ2) is 33.5. The Morgan fingerprint density at radius 2 is 0.955 bits per heavy atom. The van der Waals surface area contributed by atoms with Crippen molar-refractivity contribution in [3.8, 4) is 0 Å². The zero-order valence-corrected chi connectivity index (χ0v) is 42.1. The Kier molecular flexibility index (Phi) is 35.4. The first-order chi connectivity index (χ1) is 28.8. The molecule has 0 spiro atoms. The van der Waals surface area contributed by atoms with Crippen LogP contribution >= 0.6 is 0 Å². The zero-order chi connectivity index (χ0) is 48.8. The molecule has 3 rings (SSSR count). The molecule has 3 aliphatic rings. The van der Waals surface area contributed by atoms with Gasteiger partial charge in [0.05, 0.1) is 75.5 Å². The number of β-amino-alcohol motifs (C(OH)–C–C–N with tert-alkyl or cyclic N) is 1. The van der Waals surface area contributed by atoms with Crippen molar-refractivity contribution >= 4 is 29.7 Å². The van der Waals surface area contributed by atoms with Gasteiger partial charge < -0.3 is 38.3 Å². The maximum absolute atomic E-state index is 11.9. The summed E-state index contributed by atoms with van der Waals surface area (Å²) in [4.78, 5) is 62.4. The van der Waals surface area contributed by atoms with E-state index in [1.807, 2.05) is 96.9 Å². The van der Waals surface area contributed by atoms with E-state index in [1.165, 1.54) is 0 Å². The largest absolute Gasteiger partial charge is 0.460 e. The van der Waals surface area contributed by atoms with Crippen molar-refractivity contribution < 1.29 is 62.2 Å². The van der Waals surface area contributed by atoms with Gasteiger partial charge >= 0.3 is 23.9 Å². The minimum Gasteiger partial charge on any atom is -0.460 e. The Morgan fingerprint density at radius 3 is 1.32 bits per heavy atom. The molecule has 0 aromatic carbocycles. The van der Waals surface area contributed by atoms with Gasteiger partial charge in [0.15, 0.2) is 0 Å². The molecule has 0 aliphatic carbocycles. The fraction of sp³-hybridized carbons (Fsp3) is 0.863. The Balaban J connectivity index is -0.000000390. The van der Waals surface area contributed by atoms with Crippen LogP contribution in [0.2, 0.25) is 0 Å². The molecule has 3 fully saturated rings. The van der Waals surface area contributed by atoms with Crippen molar-refractivity contribution in [3.63, 3.8) is 0 Å². The van der Waals surface area contributed by atoms with Gasteiger partial charge in [-0.3, -0.25) is 33.8 Å². The number of aliphatic hydroxyl groups excluding tert-OH is 1. The van der Waals surface area contributed by atoms with Crippen LogP contribution in [0, 0.1) is 23.7 Å². The summed E-state index contributed by atoms with van der Waals surface area (Å²) in [6.45, 7) is 40.9. The molecule has 0 aromatic heterocycles. The number of carbonyl (C=O) groups excluding carboxylic acids is 5. The lowest BCUT2D eigenvalue weighted by Gasteiger charge is -2.29. The molecule has 0 saturated carbocycles. The van der Waals surface area contributed by atoms with Crippen LogP contribution in [0.5, 0.6) is 0 Å². The van der Waals surface area contributed by atoms with Crippen LogP contribution in [0.3, 0.4) is 0 Å². The highest BCUT2D eigenvalue weighted by molar-refractivity contribution is 5.85. The number of aliphatic hydroxyl groups is 1. The number of Topliss-reactive ketones (excluding diaryl/α,β-unsaturated/α-hetero) is 1. The van der Waals surface area contributed by atoms with Crippen LogP contribution in [-0.4, -0.2) is 151 Å². The third-order valence-electron chi connectivity index (χ3n) is 9.01. The van der Waals surface area contributed by atoms with Gasteiger partial charge in [0.1, 0.15) is 28.2 Å². The number of hydrogen-bond donors (Lipinski definition) is 1. The summed E-state index contributed by atoms with van der Waals surface area (Å²) in [5.74, 6) is -1.53. The van der Waals surface area contributed by atoms with Crippen LogP contribution in [-0.2, 0) is 57.1 Å². The number of ketones is 1. The summed E-state index contributed by atoms with van der Waals surface area (Å²) in [5, 5.41) is 10.0. The standard InChI is InChI=1S/C14H27NO4.C14H25NO4.C10H18O3.C10H18O2.3CH4/c2*1-11(13(17)19-14(2,3)4)9-12(16)10-15-5-7-18-8-6-15;1-7(5-8-6-12-8)9(11)13-10(2,3)4;1-6-7-8(2)9(11)12-10(3,4)5;;;/h11-12,16H,5-10H2,1-4H3;11H,5-10H2,1-4H3;7-8H,5-6H2,1-4H3;6,8H,1,7H2,2-5H3;3*1H4. The fourth-order valence-corrected chi connectivity index (χ4v) is 5.81. The topological polar surface area (TPSA) is 180 Å². The molecule has 3 saturated heterocycles. The molecule has 15 nitrogen and oxygen atoms in total. The van der Waals surface area contributed by atoms with Crippen LogP contribution < -0.4 is 0 Å². The highest BCUT2D eigenvalue weighted by atomic mass is 16.6. The van der Waals surface area contributed by atoms with E-state index in [0.717, 1.165) is 39.2 Å². The number of nitrogens with zero attached hydrogens (tertiary/aromatic N) is 2. The van der Waals surface area contributed by atoms with Crippen LogP contribution in [0.15, 0.2) is 12.7 Å². The van der Waals surface area contributed by atoms with Gasteiger partial charge in [0, 0.05) is 39.1 Å². The molecule has 0 bridgehead atoms. The second-order valence-corrected chi connectivity index (χ2v) is 20.9. The summed E-state index contributed by atoms with van der Waals surface area (Å²) in [6, 6.07) is 0. The molecule has 6 atom stereocenters. The van der Waals surface area contributed by atoms with E-state index in [0.29, 0.717) is 58.5 Å². The van der Waals surface area contributed by atoms with E-state index in [2.05, 4.69) is 16.4 Å². The van der Waals surface area contributed by atoms with Crippen molar-refractivity contribution in [3.05, 3.63) is 12.7 Å². The lowest BCUT2D eigenvalue weighted by atomic mass is 10.0. The van der Waals surface area contributed by atoms with Gasteiger partial charge in [-0.05, 0) is 102 Å². The molecule has 1 N–H and O–H groups in total. The Morgan fingerprint density at radius 1 is 0.606 bits per heavy atom. The van der Waals surface area contributed by atoms with E-state index in [4.69, 9.17) is 33.2 Å². The second-order valence-electron chi connectivity index (χ2n) is 20.9. The fourth-order valence-electron chi connectivity index (χ4n) is 5.81. The first-order valence-electron chi connectivity index (χ1n) is 22.7. The highest BCUT2D eigenvalue weighted by Gasteiger charge is 2.31. The average Bonchev–Trinajstić information content (AvgIpc) is 3.94. The molecule has 66 heavy (non-hydrogen) atoms. The SMILES string of the molecule is C.C.C.C=CCC(C)C(=O)OC(C)(C)C.CC(CC(=O)CN1CCOCC1)C(=O)OC(C)(C)C.CC(CC(O)CN1CCOCC1)C(=O)OC(C)(C)C.CC(CC1CO1)C(=O)OC(C)(C)C. The summed E-state index contributed by atoms with van der Waals surface area (Å²) in [5.41, 5.74) is -1.73. The normalized spacial score (nSPS) is 18.7. The Hall–Kier alpha value is -2.95. The van der Waals surface area contributed by atoms with Crippen molar-refractivity contribution in [2.45, 2.75) is 193 Å². The summed E-state index contributed by atoms with van der Waals surface area (Å²) in [7, 11) is 0. The quantitative estimate of drug-likeness (QED) is 0.0673. The van der Waals surface area contributed by atoms with Gasteiger partial charge in [-0.1, -0.05) is 56.1 Å². The molecule has 392 valence electrons. The Bertz CT molecular complexity index is 1360.